The Morgan fingerprint density at radius 3 is 2.39 bits per heavy atom. The average Bonchev–Trinajstić information content (AvgIpc) is 3.66. The van der Waals surface area contributed by atoms with Crippen LogP contribution in [0.1, 0.15) is 40.0 Å². The average molecular weight is 492 g/mol. The molecule has 2 amide bonds. The van der Waals surface area contributed by atoms with E-state index in [2.05, 4.69) is 23.7 Å². The van der Waals surface area contributed by atoms with Crippen molar-refractivity contribution in [2.75, 3.05) is 38.0 Å². The SMILES string of the molecule is Cc1c(C)n(CC2CC2)c2c(NCc3ccc(F)cc3)cc(C(=O)N3CCN(CC(N)=O)CC3)cc12. The van der Waals surface area contributed by atoms with Gasteiger partial charge in [-0.15, -0.1) is 0 Å². The van der Waals surface area contributed by atoms with Gasteiger partial charge < -0.3 is 20.5 Å². The molecule has 0 unspecified atom stereocenters. The Kier molecular flexibility index (Phi) is 6.71. The van der Waals surface area contributed by atoms with Gasteiger partial charge in [-0.1, -0.05) is 12.1 Å². The molecule has 36 heavy (non-hydrogen) atoms. The van der Waals surface area contributed by atoms with Gasteiger partial charge >= 0.3 is 0 Å². The van der Waals surface area contributed by atoms with Crippen molar-refractivity contribution in [2.24, 2.45) is 11.7 Å². The molecule has 1 aliphatic carbocycles. The Morgan fingerprint density at radius 2 is 1.75 bits per heavy atom. The van der Waals surface area contributed by atoms with Crippen molar-refractivity contribution in [2.45, 2.75) is 39.8 Å². The molecule has 0 radical (unpaired) electrons. The maximum absolute atomic E-state index is 13.6. The number of amides is 2. The van der Waals surface area contributed by atoms with Crippen LogP contribution in [0.2, 0.25) is 0 Å². The molecule has 1 saturated heterocycles. The number of aromatic nitrogens is 1. The zero-order chi connectivity index (χ0) is 25.4. The number of carbonyl (C=O) groups is 2. The number of aryl methyl sites for hydroxylation is 1. The highest BCUT2D eigenvalue weighted by molar-refractivity contribution is 6.04. The number of nitrogens with one attached hydrogen (secondary N) is 1. The lowest BCUT2D eigenvalue weighted by molar-refractivity contribution is -0.119. The first kappa shape index (κ1) is 24.3. The highest BCUT2D eigenvalue weighted by atomic mass is 19.1. The van der Waals surface area contributed by atoms with Crippen molar-refractivity contribution in [3.63, 3.8) is 0 Å². The van der Waals surface area contributed by atoms with Crippen molar-refractivity contribution >= 4 is 28.4 Å². The fourth-order valence-corrected chi connectivity index (χ4v) is 5.13. The molecule has 0 bridgehead atoms. The number of nitrogens with two attached hydrogens (primary N) is 1. The summed E-state index contributed by atoms with van der Waals surface area (Å²) in [4.78, 5) is 28.7. The van der Waals surface area contributed by atoms with Crippen LogP contribution in [0, 0.1) is 25.6 Å². The molecule has 0 spiro atoms. The van der Waals surface area contributed by atoms with Crippen molar-refractivity contribution in [3.8, 4) is 0 Å². The zero-order valence-corrected chi connectivity index (χ0v) is 21.0. The summed E-state index contributed by atoms with van der Waals surface area (Å²) < 4.78 is 15.8. The van der Waals surface area contributed by atoms with Crippen molar-refractivity contribution in [3.05, 3.63) is 64.6 Å². The van der Waals surface area contributed by atoms with Crippen LogP contribution in [-0.2, 0) is 17.9 Å². The van der Waals surface area contributed by atoms with E-state index in [0.717, 1.165) is 28.7 Å². The number of fused-ring (bicyclic) bond motifs is 1. The monoisotopic (exact) mass is 491 g/mol. The quantitative estimate of drug-likeness (QED) is 0.504. The molecule has 2 heterocycles. The van der Waals surface area contributed by atoms with Crippen molar-refractivity contribution < 1.29 is 14.0 Å². The number of piperazine rings is 1. The Balaban J connectivity index is 1.46. The number of primary amides is 1. The van der Waals surface area contributed by atoms with Crippen LogP contribution in [0.25, 0.3) is 10.9 Å². The van der Waals surface area contributed by atoms with E-state index in [1.54, 1.807) is 12.1 Å². The minimum Gasteiger partial charge on any atom is -0.379 e. The summed E-state index contributed by atoms with van der Waals surface area (Å²) in [6.45, 7) is 8.39. The summed E-state index contributed by atoms with van der Waals surface area (Å²) in [5.41, 5.74) is 11.4. The number of carbonyl (C=O) groups excluding carboxylic acids is 2. The van der Waals surface area contributed by atoms with E-state index in [9.17, 15) is 14.0 Å². The van der Waals surface area contributed by atoms with Gasteiger partial charge in [-0.05, 0) is 68.0 Å². The smallest absolute Gasteiger partial charge is 0.254 e. The molecular weight excluding hydrogens is 457 g/mol. The van der Waals surface area contributed by atoms with Crippen LogP contribution >= 0.6 is 0 Å². The Bertz CT molecular complexity index is 1290. The summed E-state index contributed by atoms with van der Waals surface area (Å²) in [5, 5.41) is 4.64. The molecule has 8 heteroatoms. The Labute approximate surface area is 211 Å². The van der Waals surface area contributed by atoms with E-state index in [1.807, 2.05) is 21.9 Å². The normalized spacial score (nSPS) is 16.5. The molecule has 5 rings (SSSR count). The third-order valence-electron chi connectivity index (χ3n) is 7.55. The van der Waals surface area contributed by atoms with Gasteiger partial charge in [-0.25, -0.2) is 4.39 Å². The zero-order valence-electron chi connectivity index (χ0n) is 21.0. The van der Waals surface area contributed by atoms with Gasteiger partial charge in [-0.3, -0.25) is 14.5 Å². The van der Waals surface area contributed by atoms with Gasteiger partial charge in [0.2, 0.25) is 5.91 Å². The third kappa shape index (κ3) is 5.09. The van der Waals surface area contributed by atoms with Crippen LogP contribution in [0.3, 0.4) is 0 Å². The lowest BCUT2D eigenvalue weighted by Crippen LogP contribution is -2.50. The summed E-state index contributed by atoms with van der Waals surface area (Å²) in [7, 11) is 0. The van der Waals surface area contributed by atoms with Gasteiger partial charge in [0.05, 0.1) is 17.7 Å². The van der Waals surface area contributed by atoms with Crippen LogP contribution in [0.5, 0.6) is 0 Å². The number of hydrogen-bond acceptors (Lipinski definition) is 4. The molecule has 1 aliphatic heterocycles. The van der Waals surface area contributed by atoms with Gasteiger partial charge in [0.1, 0.15) is 5.82 Å². The molecule has 190 valence electrons. The molecule has 7 nitrogen and oxygen atoms in total. The van der Waals surface area contributed by atoms with E-state index in [1.165, 1.54) is 36.2 Å². The standard InChI is InChI=1S/C28H34FN5O2/c1-18-19(2)34(16-21-3-4-21)27-24(18)13-22(14-25(27)31-15-20-5-7-23(29)8-6-20)28(36)33-11-9-32(10-12-33)17-26(30)35/h5-8,13-14,21,31H,3-4,9-12,15-17H2,1-2H3,(H2,30,35). The lowest BCUT2D eigenvalue weighted by atomic mass is 10.1. The second kappa shape index (κ2) is 9.93. The fourth-order valence-electron chi connectivity index (χ4n) is 5.13. The highest BCUT2D eigenvalue weighted by Gasteiger charge is 2.27. The first-order valence-electron chi connectivity index (χ1n) is 12.7. The van der Waals surface area contributed by atoms with Gasteiger partial charge in [0.25, 0.3) is 5.91 Å². The van der Waals surface area contributed by atoms with Crippen LogP contribution in [0.15, 0.2) is 36.4 Å². The minimum atomic E-state index is -0.348. The molecule has 2 aromatic carbocycles. The van der Waals surface area contributed by atoms with Gasteiger partial charge in [0, 0.05) is 55.9 Å². The summed E-state index contributed by atoms with van der Waals surface area (Å²) in [6.07, 6.45) is 2.52. The van der Waals surface area contributed by atoms with E-state index in [0.29, 0.717) is 44.2 Å². The number of hydrogen-bond donors (Lipinski definition) is 2. The largest absolute Gasteiger partial charge is 0.379 e. The predicted molar refractivity (Wildman–Crippen MR) is 139 cm³/mol. The Hall–Kier alpha value is -3.39. The van der Waals surface area contributed by atoms with Crippen molar-refractivity contribution in [1.29, 1.82) is 0 Å². The van der Waals surface area contributed by atoms with Gasteiger partial charge in [-0.2, -0.15) is 0 Å². The van der Waals surface area contributed by atoms with E-state index >= 15 is 0 Å². The number of benzene rings is 2. The molecule has 3 N–H and O–H groups in total. The Morgan fingerprint density at radius 1 is 1.06 bits per heavy atom. The molecule has 3 aromatic rings. The number of rotatable bonds is 8. The number of halogens is 1. The van der Waals surface area contributed by atoms with Crippen molar-refractivity contribution in [1.82, 2.24) is 14.4 Å². The maximum Gasteiger partial charge on any atom is 0.254 e. The lowest BCUT2D eigenvalue weighted by Gasteiger charge is -2.34. The second-order valence-electron chi connectivity index (χ2n) is 10.2. The molecule has 2 aliphatic rings. The van der Waals surface area contributed by atoms with Crippen LogP contribution in [-0.4, -0.2) is 58.9 Å². The molecule has 1 aromatic heterocycles. The minimum absolute atomic E-state index is 0.00699. The highest BCUT2D eigenvalue weighted by Crippen LogP contribution is 2.38. The summed E-state index contributed by atoms with van der Waals surface area (Å²) in [6, 6.07) is 10.5. The summed E-state index contributed by atoms with van der Waals surface area (Å²) in [5.74, 6) is 0.0991. The fraction of sp³-hybridized carbons (Fsp3) is 0.429. The summed E-state index contributed by atoms with van der Waals surface area (Å²) >= 11 is 0. The van der Waals surface area contributed by atoms with E-state index < -0.39 is 0 Å². The molecular formula is C28H34FN5O2. The second-order valence-corrected chi connectivity index (χ2v) is 10.2. The first-order chi connectivity index (χ1) is 17.3. The predicted octanol–water partition coefficient (Wildman–Crippen LogP) is 3.66. The number of anilines is 1. The van der Waals surface area contributed by atoms with Gasteiger partial charge in [0.15, 0.2) is 0 Å². The first-order valence-corrected chi connectivity index (χ1v) is 12.7. The topological polar surface area (TPSA) is 83.6 Å². The third-order valence-corrected chi connectivity index (χ3v) is 7.55. The molecule has 1 saturated carbocycles. The van der Waals surface area contributed by atoms with E-state index in [-0.39, 0.29) is 24.2 Å². The van der Waals surface area contributed by atoms with E-state index in [4.69, 9.17) is 5.73 Å². The number of nitrogens with zero attached hydrogens (tertiary/aromatic N) is 3. The van der Waals surface area contributed by atoms with Crippen LogP contribution < -0.4 is 11.1 Å². The molecule has 2 fully saturated rings. The molecule has 0 atom stereocenters. The van der Waals surface area contributed by atoms with Crippen LogP contribution in [0.4, 0.5) is 10.1 Å². The maximum atomic E-state index is 13.6.